The van der Waals surface area contributed by atoms with Gasteiger partial charge in [0.25, 0.3) is 5.91 Å². The van der Waals surface area contributed by atoms with Crippen molar-refractivity contribution in [3.05, 3.63) is 78.9 Å². The number of amides is 1. The molecule has 0 spiro atoms. The number of hydrogen-bond acceptors (Lipinski definition) is 6. The van der Waals surface area contributed by atoms with E-state index in [2.05, 4.69) is 15.5 Å². The molecular weight excluding hydrogens is 382 g/mol. The van der Waals surface area contributed by atoms with E-state index in [0.717, 1.165) is 5.56 Å². The van der Waals surface area contributed by atoms with Gasteiger partial charge in [-0.05, 0) is 42.5 Å². The zero-order valence-corrected chi connectivity index (χ0v) is 16.2. The minimum absolute atomic E-state index is 0.129. The van der Waals surface area contributed by atoms with Crippen LogP contribution in [0.25, 0.3) is 22.9 Å². The number of anilines is 1. The molecule has 0 saturated carbocycles. The molecule has 0 aliphatic carbocycles. The van der Waals surface area contributed by atoms with Gasteiger partial charge < -0.3 is 19.2 Å². The van der Waals surface area contributed by atoms with Crippen LogP contribution in [0.2, 0.25) is 0 Å². The molecular formula is C23H19N3O4. The minimum Gasteiger partial charge on any atom is -0.497 e. The van der Waals surface area contributed by atoms with Crippen LogP contribution in [-0.2, 0) is 4.79 Å². The van der Waals surface area contributed by atoms with Crippen molar-refractivity contribution in [1.29, 1.82) is 0 Å². The number of aromatic nitrogens is 2. The van der Waals surface area contributed by atoms with E-state index < -0.39 is 0 Å². The molecule has 0 saturated heterocycles. The SMILES string of the molecule is COc1cccc(OCC(=O)Nc2cccc(-c3nnc(-c4ccccc4)o3)c2)c1. The van der Waals surface area contributed by atoms with Crippen LogP contribution >= 0.6 is 0 Å². The maximum absolute atomic E-state index is 12.3. The van der Waals surface area contributed by atoms with Crippen LogP contribution in [0.3, 0.4) is 0 Å². The Labute approximate surface area is 173 Å². The zero-order chi connectivity index (χ0) is 20.8. The molecule has 0 aliphatic heterocycles. The quantitative estimate of drug-likeness (QED) is 0.493. The lowest BCUT2D eigenvalue weighted by Crippen LogP contribution is -2.20. The molecule has 0 fully saturated rings. The van der Waals surface area contributed by atoms with E-state index in [1.54, 1.807) is 49.6 Å². The maximum Gasteiger partial charge on any atom is 0.262 e. The Bertz CT molecular complexity index is 1140. The second-order valence-corrected chi connectivity index (χ2v) is 6.38. The molecule has 0 bridgehead atoms. The van der Waals surface area contributed by atoms with E-state index in [0.29, 0.717) is 34.5 Å². The summed E-state index contributed by atoms with van der Waals surface area (Å²) >= 11 is 0. The Hall–Kier alpha value is -4.13. The average molecular weight is 401 g/mol. The van der Waals surface area contributed by atoms with Crippen molar-refractivity contribution < 1.29 is 18.7 Å². The Morgan fingerprint density at radius 2 is 1.57 bits per heavy atom. The van der Waals surface area contributed by atoms with E-state index in [1.165, 1.54) is 0 Å². The Morgan fingerprint density at radius 1 is 0.867 bits per heavy atom. The first-order valence-corrected chi connectivity index (χ1v) is 9.27. The fourth-order valence-electron chi connectivity index (χ4n) is 2.80. The van der Waals surface area contributed by atoms with E-state index in [9.17, 15) is 4.79 Å². The number of rotatable bonds is 7. The lowest BCUT2D eigenvalue weighted by molar-refractivity contribution is -0.118. The van der Waals surface area contributed by atoms with Gasteiger partial charge in [-0.1, -0.05) is 30.3 Å². The molecule has 150 valence electrons. The van der Waals surface area contributed by atoms with Gasteiger partial charge in [0.2, 0.25) is 11.8 Å². The first-order valence-electron chi connectivity index (χ1n) is 9.27. The lowest BCUT2D eigenvalue weighted by atomic mass is 10.2. The maximum atomic E-state index is 12.3. The summed E-state index contributed by atoms with van der Waals surface area (Å²) in [5.74, 6) is 1.74. The zero-order valence-electron chi connectivity index (χ0n) is 16.2. The van der Waals surface area contributed by atoms with Gasteiger partial charge in [-0.25, -0.2) is 0 Å². The molecule has 1 aromatic heterocycles. The van der Waals surface area contributed by atoms with Crippen LogP contribution in [-0.4, -0.2) is 29.8 Å². The summed E-state index contributed by atoms with van der Waals surface area (Å²) in [4.78, 5) is 12.3. The molecule has 30 heavy (non-hydrogen) atoms. The fraction of sp³-hybridized carbons (Fsp3) is 0.0870. The molecule has 4 aromatic rings. The van der Waals surface area contributed by atoms with Crippen molar-refractivity contribution in [1.82, 2.24) is 10.2 Å². The monoisotopic (exact) mass is 401 g/mol. The van der Waals surface area contributed by atoms with Gasteiger partial charge >= 0.3 is 0 Å². The van der Waals surface area contributed by atoms with E-state index >= 15 is 0 Å². The standard InChI is InChI=1S/C23H19N3O4/c1-28-19-11-6-12-20(14-19)29-15-21(27)24-18-10-5-9-17(13-18)23-26-25-22(30-23)16-7-3-2-4-8-16/h2-14H,15H2,1H3,(H,24,27). The van der Waals surface area contributed by atoms with Crippen molar-refractivity contribution in [3.8, 4) is 34.4 Å². The van der Waals surface area contributed by atoms with Gasteiger partial charge in [-0.15, -0.1) is 10.2 Å². The first kappa shape index (κ1) is 19.2. The van der Waals surface area contributed by atoms with Crippen LogP contribution in [0.4, 0.5) is 5.69 Å². The second kappa shape index (κ2) is 8.91. The third-order valence-electron chi connectivity index (χ3n) is 4.25. The Balaban J connectivity index is 1.41. The number of hydrogen-bond donors (Lipinski definition) is 1. The highest BCUT2D eigenvalue weighted by molar-refractivity contribution is 5.92. The molecule has 1 heterocycles. The second-order valence-electron chi connectivity index (χ2n) is 6.38. The molecule has 3 aromatic carbocycles. The number of carbonyl (C=O) groups excluding carboxylic acids is 1. The van der Waals surface area contributed by atoms with Crippen LogP contribution in [0.5, 0.6) is 11.5 Å². The molecule has 0 aliphatic rings. The normalized spacial score (nSPS) is 10.4. The number of methoxy groups -OCH3 is 1. The van der Waals surface area contributed by atoms with Gasteiger partial charge in [0.1, 0.15) is 11.5 Å². The molecule has 1 N–H and O–H groups in total. The average Bonchev–Trinajstić information content (AvgIpc) is 3.29. The summed E-state index contributed by atoms with van der Waals surface area (Å²) in [5, 5.41) is 11.0. The molecule has 7 nitrogen and oxygen atoms in total. The summed E-state index contributed by atoms with van der Waals surface area (Å²) in [7, 11) is 1.57. The molecule has 0 unspecified atom stereocenters. The predicted molar refractivity (Wildman–Crippen MR) is 112 cm³/mol. The first-order chi connectivity index (χ1) is 14.7. The molecule has 7 heteroatoms. The number of nitrogens with zero attached hydrogens (tertiary/aromatic N) is 2. The van der Waals surface area contributed by atoms with Crippen LogP contribution in [0.1, 0.15) is 0 Å². The van der Waals surface area contributed by atoms with Crippen LogP contribution in [0.15, 0.2) is 83.3 Å². The van der Waals surface area contributed by atoms with Crippen LogP contribution in [0, 0.1) is 0 Å². The highest BCUT2D eigenvalue weighted by Gasteiger charge is 2.11. The number of ether oxygens (including phenoxy) is 2. The van der Waals surface area contributed by atoms with Crippen molar-refractivity contribution in [2.45, 2.75) is 0 Å². The molecule has 0 radical (unpaired) electrons. The molecule has 1 amide bonds. The van der Waals surface area contributed by atoms with Gasteiger partial charge in [0.15, 0.2) is 6.61 Å². The number of nitrogens with one attached hydrogen (secondary N) is 1. The third kappa shape index (κ3) is 4.64. The Morgan fingerprint density at radius 3 is 2.37 bits per heavy atom. The predicted octanol–water partition coefficient (Wildman–Crippen LogP) is 4.43. The largest absolute Gasteiger partial charge is 0.497 e. The molecule has 4 rings (SSSR count). The molecule has 0 atom stereocenters. The van der Waals surface area contributed by atoms with Crippen LogP contribution < -0.4 is 14.8 Å². The summed E-state index contributed by atoms with van der Waals surface area (Å²) in [5.41, 5.74) is 2.15. The van der Waals surface area contributed by atoms with Gasteiger partial charge in [-0.3, -0.25) is 4.79 Å². The fourth-order valence-corrected chi connectivity index (χ4v) is 2.80. The highest BCUT2D eigenvalue weighted by atomic mass is 16.5. The van der Waals surface area contributed by atoms with Crippen molar-refractivity contribution >= 4 is 11.6 Å². The highest BCUT2D eigenvalue weighted by Crippen LogP contribution is 2.25. The van der Waals surface area contributed by atoms with E-state index in [1.807, 2.05) is 36.4 Å². The van der Waals surface area contributed by atoms with Gasteiger partial charge in [0, 0.05) is 22.9 Å². The number of benzene rings is 3. The number of carbonyl (C=O) groups is 1. The Kier molecular flexibility index (Phi) is 5.70. The van der Waals surface area contributed by atoms with Crippen molar-refractivity contribution in [2.24, 2.45) is 0 Å². The summed E-state index contributed by atoms with van der Waals surface area (Å²) in [6.45, 7) is -0.129. The van der Waals surface area contributed by atoms with E-state index in [-0.39, 0.29) is 12.5 Å². The lowest BCUT2D eigenvalue weighted by Gasteiger charge is -2.09. The smallest absolute Gasteiger partial charge is 0.262 e. The third-order valence-corrected chi connectivity index (χ3v) is 4.25. The van der Waals surface area contributed by atoms with E-state index in [4.69, 9.17) is 13.9 Å². The summed E-state index contributed by atoms with van der Waals surface area (Å²) in [6, 6.07) is 23.8. The van der Waals surface area contributed by atoms with Gasteiger partial charge in [-0.2, -0.15) is 0 Å². The summed E-state index contributed by atoms with van der Waals surface area (Å²) < 4.78 is 16.4. The topological polar surface area (TPSA) is 86.5 Å². The van der Waals surface area contributed by atoms with Crippen molar-refractivity contribution in [2.75, 3.05) is 19.0 Å². The van der Waals surface area contributed by atoms with Gasteiger partial charge in [0.05, 0.1) is 7.11 Å². The summed E-state index contributed by atoms with van der Waals surface area (Å²) in [6.07, 6.45) is 0. The minimum atomic E-state index is -0.287. The van der Waals surface area contributed by atoms with Crippen molar-refractivity contribution in [3.63, 3.8) is 0 Å².